The van der Waals surface area contributed by atoms with Crippen LogP contribution in [0.5, 0.6) is 5.75 Å². The Labute approximate surface area is 334 Å². The van der Waals surface area contributed by atoms with E-state index in [0.29, 0.717) is 91.1 Å². The van der Waals surface area contributed by atoms with E-state index in [4.69, 9.17) is 28.4 Å². The van der Waals surface area contributed by atoms with Gasteiger partial charge < -0.3 is 33.5 Å². The SMILES string of the molecule is CCOCCOCCOc1ccc(CC(C(=O)O)N2CCN(CC(=O)OC(C)(C)C)CCN(CC(=O)OC(C)(C)C)CCN(CC(=O)OC(C)(C)C)CC2)cc1. The smallest absolute Gasteiger partial charge is 0.321 e. The summed E-state index contributed by atoms with van der Waals surface area (Å²) in [5, 5.41) is 10.6. The van der Waals surface area contributed by atoms with Gasteiger partial charge in [-0.25, -0.2) is 0 Å². The maximum atomic E-state index is 13.1. The molecule has 0 bridgehead atoms. The van der Waals surface area contributed by atoms with Crippen molar-refractivity contribution in [2.45, 2.75) is 98.5 Å². The summed E-state index contributed by atoms with van der Waals surface area (Å²) in [6.07, 6.45) is 0.220. The Morgan fingerprint density at radius 3 is 1.34 bits per heavy atom. The van der Waals surface area contributed by atoms with Crippen LogP contribution in [0, 0.1) is 0 Å². The molecule has 1 N–H and O–H groups in total. The lowest BCUT2D eigenvalue weighted by Crippen LogP contribution is -2.52. The number of rotatable bonds is 18. The van der Waals surface area contributed by atoms with Gasteiger partial charge in [0.2, 0.25) is 0 Å². The van der Waals surface area contributed by atoms with E-state index in [1.807, 2.05) is 113 Å². The number of carboxylic acids is 1. The van der Waals surface area contributed by atoms with Crippen LogP contribution in [0.3, 0.4) is 0 Å². The Bertz CT molecular complexity index is 1290. The molecule has 15 nitrogen and oxygen atoms in total. The Hall–Kier alpha value is -3.34. The summed E-state index contributed by atoms with van der Waals surface area (Å²) >= 11 is 0. The lowest BCUT2D eigenvalue weighted by molar-refractivity contribution is -0.158. The van der Waals surface area contributed by atoms with Gasteiger partial charge in [-0.15, -0.1) is 0 Å². The van der Waals surface area contributed by atoms with Gasteiger partial charge in [-0.05, 0) is 93.4 Å². The van der Waals surface area contributed by atoms with Gasteiger partial charge in [-0.2, -0.15) is 0 Å². The first-order chi connectivity index (χ1) is 26.1. The summed E-state index contributed by atoms with van der Waals surface area (Å²) in [6.45, 7) is 23.7. The van der Waals surface area contributed by atoms with Crippen molar-refractivity contribution < 1.29 is 52.7 Å². The van der Waals surface area contributed by atoms with E-state index in [1.54, 1.807) is 0 Å². The molecule has 0 aliphatic carbocycles. The predicted octanol–water partition coefficient (Wildman–Crippen LogP) is 3.36. The van der Waals surface area contributed by atoms with Crippen LogP contribution in [-0.4, -0.2) is 176 Å². The predicted molar refractivity (Wildman–Crippen MR) is 213 cm³/mol. The van der Waals surface area contributed by atoms with Crippen LogP contribution < -0.4 is 4.74 Å². The molecule has 1 saturated heterocycles. The Morgan fingerprint density at radius 1 is 0.589 bits per heavy atom. The zero-order valence-electron chi connectivity index (χ0n) is 35.7. The molecule has 0 amide bonds. The van der Waals surface area contributed by atoms with E-state index in [0.717, 1.165) is 5.56 Å². The fraction of sp³-hybridized carbons (Fsp3) is 0.756. The van der Waals surface area contributed by atoms with Gasteiger partial charge in [0.1, 0.15) is 35.2 Å². The van der Waals surface area contributed by atoms with E-state index < -0.39 is 40.8 Å². The number of hydrogen-bond donors (Lipinski definition) is 1. The van der Waals surface area contributed by atoms with Crippen molar-refractivity contribution in [3.05, 3.63) is 29.8 Å². The molecule has 0 saturated carbocycles. The molecular formula is C41H70N4O11. The highest BCUT2D eigenvalue weighted by molar-refractivity contribution is 5.74. The summed E-state index contributed by atoms with van der Waals surface area (Å²) in [6, 6.07) is 6.46. The number of esters is 3. The lowest BCUT2D eigenvalue weighted by atomic mass is 10.0. The summed E-state index contributed by atoms with van der Waals surface area (Å²) in [5.41, 5.74) is -1.20. The number of aliphatic carboxylic acids is 1. The molecule has 56 heavy (non-hydrogen) atoms. The Balaban J connectivity index is 2.33. The minimum absolute atomic E-state index is 0.00703. The van der Waals surface area contributed by atoms with Gasteiger partial charge in [0.15, 0.2) is 0 Å². The average molecular weight is 795 g/mol. The molecule has 1 aromatic rings. The van der Waals surface area contributed by atoms with Crippen molar-refractivity contribution in [1.82, 2.24) is 19.6 Å². The molecule has 1 atom stereocenters. The van der Waals surface area contributed by atoms with Crippen molar-refractivity contribution in [3.8, 4) is 5.75 Å². The van der Waals surface area contributed by atoms with E-state index in [9.17, 15) is 24.3 Å². The quantitative estimate of drug-likeness (QED) is 0.131. The highest BCUT2D eigenvalue weighted by Crippen LogP contribution is 2.17. The molecule has 1 aliphatic heterocycles. The van der Waals surface area contributed by atoms with E-state index in [1.165, 1.54) is 0 Å². The van der Waals surface area contributed by atoms with Crippen molar-refractivity contribution in [2.24, 2.45) is 0 Å². The molecule has 1 heterocycles. The van der Waals surface area contributed by atoms with Crippen LogP contribution in [0.25, 0.3) is 0 Å². The molecule has 15 heteroatoms. The van der Waals surface area contributed by atoms with Gasteiger partial charge in [0.05, 0.1) is 39.5 Å². The number of benzene rings is 1. The maximum Gasteiger partial charge on any atom is 0.321 e. The fourth-order valence-electron chi connectivity index (χ4n) is 5.91. The second-order valence-electron chi connectivity index (χ2n) is 17.0. The van der Waals surface area contributed by atoms with Crippen LogP contribution in [0.4, 0.5) is 0 Å². The third kappa shape index (κ3) is 22.4. The van der Waals surface area contributed by atoms with Gasteiger partial charge in [0, 0.05) is 59.0 Å². The lowest BCUT2D eigenvalue weighted by Gasteiger charge is -2.36. The van der Waals surface area contributed by atoms with E-state index in [-0.39, 0.29) is 32.0 Å². The number of ether oxygens (including phenoxy) is 6. The Morgan fingerprint density at radius 2 is 0.964 bits per heavy atom. The second kappa shape index (κ2) is 23.8. The molecule has 0 radical (unpaired) electrons. The number of hydrogen-bond acceptors (Lipinski definition) is 14. The van der Waals surface area contributed by atoms with Gasteiger partial charge in [-0.1, -0.05) is 12.1 Å². The normalized spacial score (nSPS) is 17.0. The van der Waals surface area contributed by atoms with Gasteiger partial charge in [-0.3, -0.25) is 38.8 Å². The van der Waals surface area contributed by atoms with Crippen LogP contribution in [0.2, 0.25) is 0 Å². The molecule has 1 aromatic carbocycles. The first kappa shape index (κ1) is 48.8. The molecule has 1 fully saturated rings. The first-order valence-electron chi connectivity index (χ1n) is 19.8. The first-order valence-corrected chi connectivity index (χ1v) is 19.8. The number of carbonyl (C=O) groups is 4. The molecular weight excluding hydrogens is 724 g/mol. The average Bonchev–Trinajstić information content (AvgIpc) is 3.05. The standard InChI is InChI=1S/C41H70N4O11/c1-11-51-24-25-52-26-27-53-33-14-12-32(13-15-33)28-34(38(49)50)45-22-20-43(30-36(47)55-40(5,6)7)18-16-42(29-35(46)54-39(2,3)4)17-19-44(21-23-45)31-37(48)56-41(8,9)10/h12-15,34H,11,16-31H2,1-10H3,(H,49,50). The highest BCUT2D eigenvalue weighted by Gasteiger charge is 2.30. The van der Waals surface area contributed by atoms with Gasteiger partial charge >= 0.3 is 23.9 Å². The van der Waals surface area contributed by atoms with Crippen molar-refractivity contribution in [1.29, 1.82) is 0 Å². The third-order valence-electron chi connectivity index (χ3n) is 8.34. The zero-order valence-corrected chi connectivity index (χ0v) is 35.7. The van der Waals surface area contributed by atoms with Crippen molar-refractivity contribution >= 4 is 23.9 Å². The largest absolute Gasteiger partial charge is 0.491 e. The molecule has 1 unspecified atom stereocenters. The van der Waals surface area contributed by atoms with Crippen LogP contribution >= 0.6 is 0 Å². The fourth-order valence-corrected chi connectivity index (χ4v) is 5.91. The minimum atomic E-state index is -0.984. The second-order valence-corrected chi connectivity index (χ2v) is 17.0. The van der Waals surface area contributed by atoms with Gasteiger partial charge in [0.25, 0.3) is 0 Å². The monoisotopic (exact) mass is 795 g/mol. The topological polar surface area (TPSA) is 157 Å². The van der Waals surface area contributed by atoms with E-state index >= 15 is 0 Å². The minimum Gasteiger partial charge on any atom is -0.491 e. The summed E-state index contributed by atoms with van der Waals surface area (Å²) in [7, 11) is 0. The summed E-state index contributed by atoms with van der Waals surface area (Å²) in [5.74, 6) is -1.50. The maximum absolute atomic E-state index is 13.1. The Kier molecular flexibility index (Phi) is 20.7. The number of carbonyl (C=O) groups excluding carboxylic acids is 3. The summed E-state index contributed by atoms with van der Waals surface area (Å²) in [4.78, 5) is 59.8. The van der Waals surface area contributed by atoms with Crippen LogP contribution in [-0.2, 0) is 49.3 Å². The number of carboxylic acid groups (broad SMARTS) is 1. The molecule has 1 aliphatic rings. The number of nitrogens with zero attached hydrogens (tertiary/aromatic N) is 4. The van der Waals surface area contributed by atoms with Crippen LogP contribution in [0.1, 0.15) is 74.8 Å². The molecule has 2 rings (SSSR count). The summed E-state index contributed by atoms with van der Waals surface area (Å²) < 4.78 is 33.5. The van der Waals surface area contributed by atoms with Crippen molar-refractivity contribution in [3.63, 3.8) is 0 Å². The van der Waals surface area contributed by atoms with Crippen LogP contribution in [0.15, 0.2) is 24.3 Å². The highest BCUT2D eigenvalue weighted by atomic mass is 16.6. The third-order valence-corrected chi connectivity index (χ3v) is 8.34. The molecule has 320 valence electrons. The van der Waals surface area contributed by atoms with E-state index in [2.05, 4.69) is 0 Å². The molecule has 0 spiro atoms. The van der Waals surface area contributed by atoms with Crippen molar-refractivity contribution in [2.75, 3.05) is 105 Å². The zero-order chi connectivity index (χ0) is 41.9. The molecule has 0 aromatic heterocycles.